The molecule has 0 fully saturated rings. The van der Waals surface area contributed by atoms with Crippen LogP contribution in [0.1, 0.15) is 11.6 Å². The Morgan fingerprint density at radius 3 is 2.56 bits per heavy atom. The van der Waals surface area contributed by atoms with Crippen LogP contribution in [0, 0.1) is 0 Å². The van der Waals surface area contributed by atoms with E-state index >= 15 is 0 Å². The number of nitrogens with zero attached hydrogens (tertiary/aromatic N) is 2. The zero-order valence-electron chi connectivity index (χ0n) is 9.54. The van der Waals surface area contributed by atoms with Crippen molar-refractivity contribution < 1.29 is 13.5 Å². The molecule has 2 rings (SSSR count). The number of ether oxygens (including phenoxy) is 1. The van der Waals surface area contributed by atoms with Crippen LogP contribution < -0.4 is 10.5 Å². The first-order valence-corrected chi connectivity index (χ1v) is 5.43. The van der Waals surface area contributed by atoms with E-state index in [0.29, 0.717) is 6.54 Å². The lowest BCUT2D eigenvalue weighted by Gasteiger charge is -2.13. The molecule has 1 unspecified atom stereocenters. The lowest BCUT2D eigenvalue weighted by atomic mass is 10.1. The van der Waals surface area contributed by atoms with Gasteiger partial charge in [0.25, 0.3) is 0 Å². The standard InChI is InChI=1S/C12H13F2N3O/c13-12(14)18-10-4-2-9(3-5-10)11(15)8-17-7-1-6-16-17/h1-7,11-12H,8,15H2. The van der Waals surface area contributed by atoms with Crippen molar-refractivity contribution in [2.75, 3.05) is 0 Å². The molecular weight excluding hydrogens is 240 g/mol. The Bertz CT molecular complexity index is 471. The number of alkyl halides is 2. The van der Waals surface area contributed by atoms with Gasteiger partial charge in [0.2, 0.25) is 0 Å². The van der Waals surface area contributed by atoms with Crippen LogP contribution in [0.5, 0.6) is 5.75 Å². The summed E-state index contributed by atoms with van der Waals surface area (Å²) in [5, 5.41) is 4.05. The SMILES string of the molecule is NC(Cn1cccn1)c1ccc(OC(F)F)cc1. The number of hydrogen-bond donors (Lipinski definition) is 1. The summed E-state index contributed by atoms with van der Waals surface area (Å²) < 4.78 is 29.9. The smallest absolute Gasteiger partial charge is 0.387 e. The highest BCUT2D eigenvalue weighted by atomic mass is 19.3. The van der Waals surface area contributed by atoms with Gasteiger partial charge in [-0.05, 0) is 23.8 Å². The van der Waals surface area contributed by atoms with Crippen molar-refractivity contribution in [3.05, 3.63) is 48.3 Å². The van der Waals surface area contributed by atoms with Gasteiger partial charge in [-0.15, -0.1) is 0 Å². The third-order valence-corrected chi connectivity index (χ3v) is 2.48. The Morgan fingerprint density at radius 2 is 2.00 bits per heavy atom. The normalized spacial score (nSPS) is 12.7. The van der Waals surface area contributed by atoms with Crippen molar-refractivity contribution in [1.82, 2.24) is 9.78 Å². The van der Waals surface area contributed by atoms with Crippen molar-refractivity contribution in [2.24, 2.45) is 5.73 Å². The van der Waals surface area contributed by atoms with Crippen molar-refractivity contribution >= 4 is 0 Å². The van der Waals surface area contributed by atoms with Gasteiger partial charge in [-0.1, -0.05) is 12.1 Å². The fourth-order valence-electron chi connectivity index (χ4n) is 1.61. The topological polar surface area (TPSA) is 53.1 Å². The zero-order chi connectivity index (χ0) is 13.0. The minimum atomic E-state index is -2.81. The molecule has 6 heteroatoms. The van der Waals surface area contributed by atoms with Crippen molar-refractivity contribution in [3.63, 3.8) is 0 Å². The lowest BCUT2D eigenvalue weighted by Crippen LogP contribution is -2.17. The van der Waals surface area contributed by atoms with Crippen LogP contribution in [-0.4, -0.2) is 16.4 Å². The number of hydrogen-bond acceptors (Lipinski definition) is 3. The molecular formula is C12H13F2N3O. The molecule has 4 nitrogen and oxygen atoms in total. The van der Waals surface area contributed by atoms with Crippen molar-refractivity contribution in [3.8, 4) is 5.75 Å². The Balaban J connectivity index is 2.00. The number of aromatic nitrogens is 2. The molecule has 96 valence electrons. The average molecular weight is 253 g/mol. The number of rotatable bonds is 5. The maximum atomic E-state index is 12.0. The summed E-state index contributed by atoms with van der Waals surface area (Å²) in [6, 6.07) is 7.87. The highest BCUT2D eigenvalue weighted by Gasteiger charge is 2.08. The quantitative estimate of drug-likeness (QED) is 0.888. The molecule has 0 aliphatic carbocycles. The van der Waals surface area contributed by atoms with Crippen LogP contribution in [0.25, 0.3) is 0 Å². The predicted octanol–water partition coefficient (Wildman–Crippen LogP) is 2.18. The summed E-state index contributed by atoms with van der Waals surface area (Å²) in [5.74, 6) is 0.125. The molecule has 0 saturated carbocycles. The second-order valence-corrected chi connectivity index (χ2v) is 3.78. The molecule has 18 heavy (non-hydrogen) atoms. The molecule has 1 aromatic carbocycles. The number of benzene rings is 1. The maximum Gasteiger partial charge on any atom is 0.387 e. The molecule has 1 heterocycles. The van der Waals surface area contributed by atoms with E-state index in [1.165, 1.54) is 12.1 Å². The van der Waals surface area contributed by atoms with Gasteiger partial charge in [0.15, 0.2) is 0 Å². The summed E-state index contributed by atoms with van der Waals surface area (Å²) >= 11 is 0. The van der Waals surface area contributed by atoms with E-state index in [4.69, 9.17) is 5.73 Å². The fourth-order valence-corrected chi connectivity index (χ4v) is 1.61. The summed E-state index contributed by atoms with van der Waals surface area (Å²) in [7, 11) is 0. The molecule has 0 amide bonds. The van der Waals surface area contributed by atoms with E-state index in [2.05, 4.69) is 9.84 Å². The molecule has 0 spiro atoms. The molecule has 0 aliphatic heterocycles. The van der Waals surface area contributed by atoms with Crippen LogP contribution in [0.2, 0.25) is 0 Å². The minimum Gasteiger partial charge on any atom is -0.435 e. The third-order valence-electron chi connectivity index (χ3n) is 2.48. The van der Waals surface area contributed by atoms with Crippen LogP contribution >= 0.6 is 0 Å². The monoisotopic (exact) mass is 253 g/mol. The highest BCUT2D eigenvalue weighted by Crippen LogP contribution is 2.18. The first-order chi connectivity index (χ1) is 8.65. The highest BCUT2D eigenvalue weighted by molar-refractivity contribution is 5.29. The van der Waals surface area contributed by atoms with Crippen molar-refractivity contribution in [1.29, 1.82) is 0 Å². The van der Waals surface area contributed by atoms with Crippen LogP contribution in [0.15, 0.2) is 42.7 Å². The minimum absolute atomic E-state index is 0.125. The van der Waals surface area contributed by atoms with Crippen LogP contribution in [0.3, 0.4) is 0 Å². The number of nitrogens with two attached hydrogens (primary N) is 1. The molecule has 1 atom stereocenters. The molecule has 2 N–H and O–H groups in total. The summed E-state index contributed by atoms with van der Waals surface area (Å²) in [6.45, 7) is -2.28. The van der Waals surface area contributed by atoms with E-state index in [1.54, 1.807) is 23.0 Å². The van der Waals surface area contributed by atoms with Gasteiger partial charge in [0.1, 0.15) is 5.75 Å². The van der Waals surface area contributed by atoms with Gasteiger partial charge >= 0.3 is 6.61 Å². The van der Waals surface area contributed by atoms with Gasteiger partial charge in [-0.3, -0.25) is 4.68 Å². The second kappa shape index (κ2) is 5.59. The first kappa shape index (κ1) is 12.5. The fraction of sp³-hybridized carbons (Fsp3) is 0.250. The Morgan fingerprint density at radius 1 is 1.28 bits per heavy atom. The second-order valence-electron chi connectivity index (χ2n) is 3.78. The average Bonchev–Trinajstić information content (AvgIpc) is 2.82. The Kier molecular flexibility index (Phi) is 3.88. The molecule has 0 bridgehead atoms. The molecule has 0 aliphatic rings. The van der Waals surface area contributed by atoms with Gasteiger partial charge < -0.3 is 10.5 Å². The third kappa shape index (κ3) is 3.27. The maximum absolute atomic E-state index is 12.0. The zero-order valence-corrected chi connectivity index (χ0v) is 9.54. The van der Waals surface area contributed by atoms with E-state index in [0.717, 1.165) is 5.56 Å². The summed E-state index contributed by atoms with van der Waals surface area (Å²) in [4.78, 5) is 0. The van der Waals surface area contributed by atoms with Crippen LogP contribution in [-0.2, 0) is 6.54 Å². The Hall–Kier alpha value is -1.95. The van der Waals surface area contributed by atoms with E-state index in [9.17, 15) is 8.78 Å². The van der Waals surface area contributed by atoms with Crippen LogP contribution in [0.4, 0.5) is 8.78 Å². The molecule has 0 radical (unpaired) electrons. The van der Waals surface area contributed by atoms with Gasteiger partial charge in [-0.2, -0.15) is 13.9 Å². The summed E-state index contributed by atoms with van der Waals surface area (Å²) in [6.07, 6.45) is 3.49. The molecule has 0 saturated heterocycles. The lowest BCUT2D eigenvalue weighted by molar-refractivity contribution is -0.0498. The number of halogens is 2. The Labute approximate surface area is 103 Å². The first-order valence-electron chi connectivity index (χ1n) is 5.43. The molecule has 2 aromatic rings. The van der Waals surface area contributed by atoms with Crippen molar-refractivity contribution in [2.45, 2.75) is 19.2 Å². The van der Waals surface area contributed by atoms with E-state index in [-0.39, 0.29) is 11.8 Å². The largest absolute Gasteiger partial charge is 0.435 e. The summed E-state index contributed by atoms with van der Waals surface area (Å²) in [5.41, 5.74) is 6.83. The van der Waals surface area contributed by atoms with Gasteiger partial charge in [0, 0.05) is 18.4 Å². The molecule has 1 aromatic heterocycles. The van der Waals surface area contributed by atoms with Gasteiger partial charge in [-0.25, -0.2) is 0 Å². The van der Waals surface area contributed by atoms with E-state index < -0.39 is 6.61 Å². The predicted molar refractivity (Wildman–Crippen MR) is 62.2 cm³/mol. The van der Waals surface area contributed by atoms with Gasteiger partial charge in [0.05, 0.1) is 6.54 Å². The van der Waals surface area contributed by atoms with E-state index in [1.807, 2.05) is 12.3 Å².